The first kappa shape index (κ1) is 11.1. The number of nitrogens with one attached hydrogen (secondary N) is 1. The third-order valence-electron chi connectivity index (χ3n) is 3.62. The quantitative estimate of drug-likeness (QED) is 0.852. The Morgan fingerprint density at radius 1 is 1.35 bits per heavy atom. The summed E-state index contributed by atoms with van der Waals surface area (Å²) in [5.74, 6) is -0.613. The Kier molecular flexibility index (Phi) is 2.61. The maximum atomic E-state index is 13.8. The summed E-state index contributed by atoms with van der Waals surface area (Å²) < 4.78 is 32.6. The average Bonchev–Trinajstić information content (AvgIpc) is 2.92. The van der Waals surface area contributed by atoms with Gasteiger partial charge in [0.15, 0.2) is 0 Å². The van der Waals surface area contributed by atoms with Gasteiger partial charge in [0.25, 0.3) is 0 Å². The molecule has 3 atom stereocenters. The lowest BCUT2D eigenvalue weighted by atomic mass is 9.79. The van der Waals surface area contributed by atoms with E-state index in [-0.39, 0.29) is 12.0 Å². The number of ether oxygens (including phenoxy) is 1. The molecule has 0 bridgehead atoms. The van der Waals surface area contributed by atoms with Crippen LogP contribution in [0.1, 0.15) is 5.56 Å². The van der Waals surface area contributed by atoms with Crippen LogP contribution in [0.4, 0.5) is 8.78 Å². The fourth-order valence-electron chi connectivity index (χ4n) is 2.64. The van der Waals surface area contributed by atoms with Crippen LogP contribution in [0.3, 0.4) is 0 Å². The fourth-order valence-corrected chi connectivity index (χ4v) is 2.64. The molecule has 3 unspecified atom stereocenters. The molecule has 2 heterocycles. The Balaban J connectivity index is 2.06. The molecule has 0 radical (unpaired) electrons. The molecule has 0 amide bonds. The molecular formula is C12H13F2NO2. The first-order valence-corrected chi connectivity index (χ1v) is 5.59. The summed E-state index contributed by atoms with van der Waals surface area (Å²) in [7, 11) is 0. The van der Waals surface area contributed by atoms with Crippen LogP contribution in [0.2, 0.25) is 0 Å². The minimum Gasteiger partial charge on any atom is -0.378 e. The number of alkyl halides is 1. The highest BCUT2D eigenvalue weighted by atomic mass is 19.1. The number of hydroxylamine groups is 1. The fraction of sp³-hybridized carbons (Fsp3) is 0.500. The van der Waals surface area contributed by atoms with Gasteiger partial charge in [-0.1, -0.05) is 18.2 Å². The minimum absolute atomic E-state index is 0.190. The SMILES string of the molecule is FCC1(c2ccccc2F)NOC2COCC21. The number of fused-ring (bicyclic) bond motifs is 1. The first-order chi connectivity index (χ1) is 8.28. The standard InChI is InChI=1S/C12H13F2NO2/c13-7-12(8-3-1-2-4-10(8)14)9-5-16-6-11(9)17-15-12/h1-4,9,11,15H,5-7H2. The van der Waals surface area contributed by atoms with Gasteiger partial charge in [-0.2, -0.15) is 5.48 Å². The molecule has 2 aliphatic rings. The lowest BCUT2D eigenvalue weighted by Crippen LogP contribution is -2.45. The van der Waals surface area contributed by atoms with Crippen molar-refractivity contribution in [2.45, 2.75) is 11.6 Å². The molecule has 2 saturated heterocycles. The molecule has 3 nitrogen and oxygen atoms in total. The molecule has 0 aromatic heterocycles. The van der Waals surface area contributed by atoms with Crippen molar-refractivity contribution in [3.8, 4) is 0 Å². The van der Waals surface area contributed by atoms with Crippen LogP contribution in [-0.4, -0.2) is 26.0 Å². The molecule has 3 rings (SSSR count). The molecule has 2 fully saturated rings. The zero-order valence-electron chi connectivity index (χ0n) is 9.16. The van der Waals surface area contributed by atoms with Crippen LogP contribution in [-0.2, 0) is 15.1 Å². The van der Waals surface area contributed by atoms with E-state index in [0.29, 0.717) is 18.8 Å². The summed E-state index contributed by atoms with van der Waals surface area (Å²) in [6.45, 7) is 0.0856. The van der Waals surface area contributed by atoms with E-state index in [1.54, 1.807) is 18.2 Å². The zero-order chi connectivity index (χ0) is 11.9. The van der Waals surface area contributed by atoms with Crippen molar-refractivity contribution in [1.29, 1.82) is 0 Å². The predicted octanol–water partition coefficient (Wildman–Crippen LogP) is 1.54. The van der Waals surface area contributed by atoms with Crippen molar-refractivity contribution in [2.75, 3.05) is 19.9 Å². The zero-order valence-corrected chi connectivity index (χ0v) is 9.16. The van der Waals surface area contributed by atoms with E-state index >= 15 is 0 Å². The molecule has 1 aromatic carbocycles. The van der Waals surface area contributed by atoms with E-state index in [1.807, 2.05) is 0 Å². The van der Waals surface area contributed by atoms with Crippen LogP contribution in [0.25, 0.3) is 0 Å². The Morgan fingerprint density at radius 3 is 2.94 bits per heavy atom. The number of hydrogen-bond donors (Lipinski definition) is 1. The number of hydrogen-bond acceptors (Lipinski definition) is 3. The Labute approximate surface area is 97.7 Å². The van der Waals surface area contributed by atoms with Crippen molar-refractivity contribution in [3.63, 3.8) is 0 Å². The van der Waals surface area contributed by atoms with Gasteiger partial charge in [0.1, 0.15) is 24.1 Å². The minimum atomic E-state index is -1.12. The van der Waals surface area contributed by atoms with Crippen molar-refractivity contribution >= 4 is 0 Å². The summed E-state index contributed by atoms with van der Waals surface area (Å²) in [5, 5.41) is 0. The second kappa shape index (κ2) is 4.01. The molecule has 5 heteroatoms. The highest BCUT2D eigenvalue weighted by molar-refractivity contribution is 5.29. The Morgan fingerprint density at radius 2 is 2.18 bits per heavy atom. The molecule has 1 aromatic rings. The van der Waals surface area contributed by atoms with Crippen LogP contribution < -0.4 is 5.48 Å². The summed E-state index contributed by atoms with van der Waals surface area (Å²) in [4.78, 5) is 5.31. The Hall–Kier alpha value is -1.04. The van der Waals surface area contributed by atoms with Crippen LogP contribution in [0.15, 0.2) is 24.3 Å². The lowest BCUT2D eigenvalue weighted by Gasteiger charge is -2.30. The van der Waals surface area contributed by atoms with E-state index in [9.17, 15) is 8.78 Å². The van der Waals surface area contributed by atoms with E-state index < -0.39 is 18.0 Å². The van der Waals surface area contributed by atoms with Gasteiger partial charge in [0.05, 0.1) is 13.2 Å². The normalized spacial score (nSPS) is 36.1. The monoisotopic (exact) mass is 241 g/mol. The summed E-state index contributed by atoms with van der Waals surface area (Å²) in [6, 6.07) is 6.20. The maximum Gasteiger partial charge on any atom is 0.128 e. The summed E-state index contributed by atoms with van der Waals surface area (Å²) >= 11 is 0. The summed E-state index contributed by atoms with van der Waals surface area (Å²) in [5.41, 5.74) is 1.87. The largest absolute Gasteiger partial charge is 0.378 e. The van der Waals surface area contributed by atoms with Gasteiger partial charge in [0, 0.05) is 11.5 Å². The van der Waals surface area contributed by atoms with Gasteiger partial charge in [-0.15, -0.1) is 0 Å². The van der Waals surface area contributed by atoms with Crippen molar-refractivity contribution < 1.29 is 18.4 Å². The maximum absolute atomic E-state index is 13.8. The third kappa shape index (κ3) is 1.50. The van der Waals surface area contributed by atoms with E-state index in [0.717, 1.165) is 0 Å². The molecule has 2 aliphatic heterocycles. The molecule has 92 valence electrons. The first-order valence-electron chi connectivity index (χ1n) is 5.59. The van der Waals surface area contributed by atoms with Gasteiger partial charge >= 0.3 is 0 Å². The number of benzene rings is 1. The molecule has 0 aliphatic carbocycles. The highest BCUT2D eigenvalue weighted by Gasteiger charge is 2.55. The molecule has 0 spiro atoms. The molecule has 0 saturated carbocycles. The Bertz CT molecular complexity index is 429. The van der Waals surface area contributed by atoms with Crippen LogP contribution in [0.5, 0.6) is 0 Å². The van der Waals surface area contributed by atoms with Crippen LogP contribution >= 0.6 is 0 Å². The topological polar surface area (TPSA) is 30.5 Å². The lowest BCUT2D eigenvalue weighted by molar-refractivity contribution is -0.0205. The van der Waals surface area contributed by atoms with Crippen molar-refractivity contribution in [2.24, 2.45) is 5.92 Å². The van der Waals surface area contributed by atoms with Gasteiger partial charge in [0.2, 0.25) is 0 Å². The second-order valence-electron chi connectivity index (χ2n) is 4.49. The molecule has 17 heavy (non-hydrogen) atoms. The number of rotatable bonds is 2. The smallest absolute Gasteiger partial charge is 0.128 e. The van der Waals surface area contributed by atoms with Gasteiger partial charge < -0.3 is 4.74 Å². The second-order valence-corrected chi connectivity index (χ2v) is 4.49. The van der Waals surface area contributed by atoms with Crippen molar-refractivity contribution in [1.82, 2.24) is 5.48 Å². The summed E-state index contributed by atoms with van der Waals surface area (Å²) in [6.07, 6.45) is -0.203. The van der Waals surface area contributed by atoms with E-state index in [2.05, 4.69) is 5.48 Å². The number of halogens is 2. The van der Waals surface area contributed by atoms with E-state index in [1.165, 1.54) is 6.07 Å². The van der Waals surface area contributed by atoms with Gasteiger partial charge in [-0.25, -0.2) is 8.78 Å². The third-order valence-corrected chi connectivity index (χ3v) is 3.62. The van der Waals surface area contributed by atoms with Crippen LogP contribution in [0, 0.1) is 11.7 Å². The van der Waals surface area contributed by atoms with Crippen molar-refractivity contribution in [3.05, 3.63) is 35.6 Å². The predicted molar refractivity (Wildman–Crippen MR) is 56.4 cm³/mol. The highest BCUT2D eigenvalue weighted by Crippen LogP contribution is 2.42. The molecule has 1 N–H and O–H groups in total. The van der Waals surface area contributed by atoms with E-state index in [4.69, 9.17) is 9.57 Å². The average molecular weight is 241 g/mol. The van der Waals surface area contributed by atoms with Gasteiger partial charge in [-0.05, 0) is 6.07 Å². The molecular weight excluding hydrogens is 228 g/mol. The van der Waals surface area contributed by atoms with Gasteiger partial charge in [-0.3, -0.25) is 4.84 Å².